The lowest BCUT2D eigenvalue weighted by molar-refractivity contribution is 0.340. The van der Waals surface area contributed by atoms with Crippen LogP contribution in [-0.4, -0.2) is 23.1 Å². The van der Waals surface area contributed by atoms with Gasteiger partial charge in [-0.05, 0) is 32.1 Å². The zero-order valence-corrected chi connectivity index (χ0v) is 11.5. The molecule has 0 bridgehead atoms. The average molecular weight is 274 g/mol. The van der Waals surface area contributed by atoms with Gasteiger partial charge in [0.2, 0.25) is 0 Å². The summed E-state index contributed by atoms with van der Waals surface area (Å²) in [5.74, 6) is 0.739. The molecule has 1 aromatic heterocycles. The number of rotatable bonds is 3. The van der Waals surface area contributed by atoms with Gasteiger partial charge < -0.3 is 11.1 Å². The third kappa shape index (κ3) is 3.19. The highest BCUT2D eigenvalue weighted by Crippen LogP contribution is 2.43. The first-order valence-corrected chi connectivity index (χ1v) is 7.11. The largest absolute Gasteiger partial charge is 0.328 e. The summed E-state index contributed by atoms with van der Waals surface area (Å²) >= 11 is 1.79. The second-order valence-electron chi connectivity index (χ2n) is 5.13. The molecule has 2 fully saturated rings. The van der Waals surface area contributed by atoms with Gasteiger partial charge in [-0.2, -0.15) is 0 Å². The van der Waals surface area contributed by atoms with Crippen molar-refractivity contribution in [2.75, 3.05) is 0 Å². The van der Waals surface area contributed by atoms with Crippen LogP contribution in [0.1, 0.15) is 42.9 Å². The Kier molecular flexibility index (Phi) is 4.42. The van der Waals surface area contributed by atoms with E-state index in [1.807, 2.05) is 11.7 Å². The molecule has 0 saturated heterocycles. The summed E-state index contributed by atoms with van der Waals surface area (Å²) in [7, 11) is 0. The van der Waals surface area contributed by atoms with E-state index in [0.29, 0.717) is 18.1 Å². The van der Waals surface area contributed by atoms with E-state index in [-0.39, 0.29) is 12.4 Å². The van der Waals surface area contributed by atoms with E-state index in [4.69, 9.17) is 5.73 Å². The quantitative estimate of drug-likeness (QED) is 0.888. The van der Waals surface area contributed by atoms with Gasteiger partial charge in [-0.15, -0.1) is 23.7 Å². The molecular weight excluding hydrogens is 254 g/mol. The molecule has 2 aliphatic rings. The number of hydrogen-bond acceptors (Lipinski definition) is 4. The molecule has 96 valence electrons. The Balaban J connectivity index is 0.00000108. The lowest BCUT2D eigenvalue weighted by atomic mass is 9.92. The molecule has 2 unspecified atom stereocenters. The highest BCUT2D eigenvalue weighted by atomic mass is 35.5. The summed E-state index contributed by atoms with van der Waals surface area (Å²) in [4.78, 5) is 5.60. The number of aromatic nitrogens is 1. The molecular formula is C12H20ClN3S. The molecule has 2 aliphatic carbocycles. The maximum absolute atomic E-state index is 5.91. The van der Waals surface area contributed by atoms with Crippen LogP contribution in [0.4, 0.5) is 0 Å². The summed E-state index contributed by atoms with van der Waals surface area (Å²) in [6.45, 7) is 0. The maximum atomic E-state index is 5.91. The van der Waals surface area contributed by atoms with Crippen LogP contribution in [0.2, 0.25) is 0 Å². The molecule has 17 heavy (non-hydrogen) atoms. The van der Waals surface area contributed by atoms with Crippen LogP contribution < -0.4 is 11.1 Å². The number of hydrogen-bond donors (Lipinski definition) is 2. The van der Waals surface area contributed by atoms with E-state index < -0.39 is 0 Å². The van der Waals surface area contributed by atoms with Crippen LogP contribution in [0.3, 0.4) is 0 Å². The first-order chi connectivity index (χ1) is 7.83. The minimum Gasteiger partial charge on any atom is -0.328 e. The number of nitrogens with one attached hydrogen (secondary N) is 1. The summed E-state index contributed by atoms with van der Waals surface area (Å²) in [5, 5.41) is 3.78. The Morgan fingerprint density at radius 2 is 2.06 bits per heavy atom. The first kappa shape index (κ1) is 13.3. The Hall–Kier alpha value is -0.160. The predicted octanol–water partition coefficient (Wildman–Crippen LogP) is 2.28. The summed E-state index contributed by atoms with van der Waals surface area (Å²) in [6, 6.07) is 1.87. The smallest absolute Gasteiger partial charge is 0.0794 e. The Morgan fingerprint density at radius 1 is 1.29 bits per heavy atom. The third-order valence-electron chi connectivity index (χ3n) is 3.83. The molecule has 0 spiro atoms. The Labute approximate surface area is 113 Å². The van der Waals surface area contributed by atoms with Gasteiger partial charge in [0.25, 0.3) is 0 Å². The van der Waals surface area contributed by atoms with Gasteiger partial charge in [0, 0.05) is 35.1 Å². The number of nitrogens with two attached hydrogens (primary N) is 1. The number of halogens is 1. The number of thiazole rings is 1. The van der Waals surface area contributed by atoms with Crippen molar-refractivity contribution >= 4 is 23.7 Å². The van der Waals surface area contributed by atoms with Crippen molar-refractivity contribution < 1.29 is 0 Å². The van der Waals surface area contributed by atoms with E-state index in [9.17, 15) is 0 Å². The topological polar surface area (TPSA) is 50.9 Å². The van der Waals surface area contributed by atoms with Gasteiger partial charge >= 0.3 is 0 Å². The van der Waals surface area contributed by atoms with E-state index in [0.717, 1.165) is 5.92 Å². The van der Waals surface area contributed by atoms with Gasteiger partial charge in [-0.25, -0.2) is 0 Å². The molecule has 2 atom stereocenters. The fourth-order valence-electron chi connectivity index (χ4n) is 2.69. The molecule has 0 aliphatic heterocycles. The van der Waals surface area contributed by atoms with Crippen molar-refractivity contribution in [3.63, 3.8) is 0 Å². The minimum absolute atomic E-state index is 0. The Bertz CT molecular complexity index is 336. The molecule has 2 saturated carbocycles. The second kappa shape index (κ2) is 5.65. The highest BCUT2D eigenvalue weighted by Gasteiger charge is 2.40. The SMILES string of the molecule is Cl.NC1CCC(NC2CC2c2cncs2)CC1. The van der Waals surface area contributed by atoms with Gasteiger partial charge in [-0.1, -0.05) is 0 Å². The summed E-state index contributed by atoms with van der Waals surface area (Å²) in [6.07, 6.45) is 8.21. The molecule has 3 N–H and O–H groups in total. The van der Waals surface area contributed by atoms with Gasteiger partial charge in [0.15, 0.2) is 0 Å². The standard InChI is InChI=1S/C12H19N3S.ClH/c13-8-1-3-9(4-2-8)15-11-5-10(11)12-6-14-7-16-12;/h6-11,15H,1-5,13H2;1H. The molecule has 0 radical (unpaired) electrons. The average Bonchev–Trinajstić information content (AvgIpc) is 2.85. The second-order valence-corrected chi connectivity index (χ2v) is 6.05. The van der Waals surface area contributed by atoms with E-state index in [1.165, 1.54) is 37.0 Å². The van der Waals surface area contributed by atoms with Crippen molar-refractivity contribution in [3.8, 4) is 0 Å². The van der Waals surface area contributed by atoms with Crippen molar-refractivity contribution in [2.45, 2.75) is 56.1 Å². The van der Waals surface area contributed by atoms with Gasteiger partial charge in [0.05, 0.1) is 5.51 Å². The van der Waals surface area contributed by atoms with E-state index in [2.05, 4.69) is 10.3 Å². The minimum atomic E-state index is 0. The number of nitrogens with zero attached hydrogens (tertiary/aromatic N) is 1. The molecule has 3 rings (SSSR count). The zero-order valence-electron chi connectivity index (χ0n) is 9.84. The predicted molar refractivity (Wildman–Crippen MR) is 73.9 cm³/mol. The van der Waals surface area contributed by atoms with Crippen LogP contribution >= 0.6 is 23.7 Å². The van der Waals surface area contributed by atoms with Crippen LogP contribution in [0.5, 0.6) is 0 Å². The summed E-state index contributed by atoms with van der Waals surface area (Å²) < 4.78 is 0. The fraction of sp³-hybridized carbons (Fsp3) is 0.750. The van der Waals surface area contributed by atoms with Gasteiger partial charge in [-0.3, -0.25) is 4.98 Å². The van der Waals surface area contributed by atoms with Crippen LogP contribution in [0.25, 0.3) is 0 Å². The van der Waals surface area contributed by atoms with Crippen molar-refractivity contribution in [2.24, 2.45) is 5.73 Å². The first-order valence-electron chi connectivity index (χ1n) is 6.23. The van der Waals surface area contributed by atoms with Crippen molar-refractivity contribution in [3.05, 3.63) is 16.6 Å². The van der Waals surface area contributed by atoms with E-state index in [1.54, 1.807) is 11.3 Å². The Morgan fingerprint density at radius 3 is 2.71 bits per heavy atom. The van der Waals surface area contributed by atoms with Crippen LogP contribution in [-0.2, 0) is 0 Å². The highest BCUT2D eigenvalue weighted by molar-refractivity contribution is 7.09. The fourth-order valence-corrected chi connectivity index (χ4v) is 3.49. The molecule has 5 heteroatoms. The van der Waals surface area contributed by atoms with Crippen LogP contribution in [0.15, 0.2) is 11.7 Å². The third-order valence-corrected chi connectivity index (χ3v) is 4.74. The van der Waals surface area contributed by atoms with Crippen LogP contribution in [0, 0.1) is 0 Å². The molecule has 0 aromatic carbocycles. The summed E-state index contributed by atoms with van der Waals surface area (Å²) in [5.41, 5.74) is 7.85. The molecule has 1 heterocycles. The lowest BCUT2D eigenvalue weighted by Crippen LogP contribution is -2.38. The maximum Gasteiger partial charge on any atom is 0.0794 e. The van der Waals surface area contributed by atoms with Crippen molar-refractivity contribution in [1.82, 2.24) is 10.3 Å². The normalized spacial score (nSPS) is 36.3. The van der Waals surface area contributed by atoms with Crippen molar-refractivity contribution in [1.29, 1.82) is 0 Å². The lowest BCUT2D eigenvalue weighted by Gasteiger charge is -2.27. The zero-order chi connectivity index (χ0) is 11.0. The molecule has 0 amide bonds. The molecule has 3 nitrogen and oxygen atoms in total. The molecule has 1 aromatic rings. The monoisotopic (exact) mass is 273 g/mol. The van der Waals surface area contributed by atoms with Gasteiger partial charge in [0.1, 0.15) is 0 Å². The van der Waals surface area contributed by atoms with E-state index >= 15 is 0 Å².